The lowest BCUT2D eigenvalue weighted by atomic mass is 10.1. The summed E-state index contributed by atoms with van der Waals surface area (Å²) in [5.41, 5.74) is 3.78. The molecule has 27 heavy (non-hydrogen) atoms. The Bertz CT molecular complexity index is 1150. The zero-order valence-electron chi connectivity index (χ0n) is 14.7. The maximum atomic E-state index is 13.4. The van der Waals surface area contributed by atoms with Gasteiger partial charge in [-0.3, -0.25) is 9.36 Å². The van der Waals surface area contributed by atoms with Gasteiger partial charge < -0.3 is 0 Å². The van der Waals surface area contributed by atoms with Crippen molar-refractivity contribution in [1.29, 1.82) is 0 Å². The highest BCUT2D eigenvalue weighted by molar-refractivity contribution is 7.98. The molecule has 0 saturated carbocycles. The van der Waals surface area contributed by atoms with Crippen molar-refractivity contribution < 1.29 is 4.39 Å². The standard InChI is InChI=1S/C21H17FN2OS2/c1-14-5-7-15(8-6-14)12-24-20(25)19-18(9-10-26-19)23-21(24)27-13-16-3-2-4-17(22)11-16/h2-11H,12-13H2,1H3. The highest BCUT2D eigenvalue weighted by Gasteiger charge is 2.13. The third-order valence-corrected chi connectivity index (χ3v) is 6.19. The van der Waals surface area contributed by atoms with Gasteiger partial charge in [-0.25, -0.2) is 9.37 Å². The van der Waals surface area contributed by atoms with Crippen molar-refractivity contribution in [3.05, 3.63) is 92.8 Å². The largest absolute Gasteiger partial charge is 0.282 e. The van der Waals surface area contributed by atoms with E-state index in [1.54, 1.807) is 10.6 Å². The first-order valence-electron chi connectivity index (χ1n) is 8.51. The van der Waals surface area contributed by atoms with Crippen LogP contribution in [0.1, 0.15) is 16.7 Å². The maximum absolute atomic E-state index is 13.4. The van der Waals surface area contributed by atoms with Gasteiger partial charge in [0.25, 0.3) is 5.56 Å². The molecule has 0 aliphatic carbocycles. The number of aromatic nitrogens is 2. The number of rotatable bonds is 5. The normalized spacial score (nSPS) is 11.2. The molecule has 2 aromatic carbocycles. The Morgan fingerprint density at radius 3 is 2.70 bits per heavy atom. The van der Waals surface area contributed by atoms with Crippen molar-refractivity contribution in [3.63, 3.8) is 0 Å². The molecule has 0 spiro atoms. The summed E-state index contributed by atoms with van der Waals surface area (Å²) in [6, 6.07) is 16.5. The molecule has 2 heterocycles. The lowest BCUT2D eigenvalue weighted by molar-refractivity contribution is 0.626. The smallest absolute Gasteiger partial charge is 0.272 e. The number of thioether (sulfide) groups is 1. The molecule has 4 aromatic rings. The highest BCUT2D eigenvalue weighted by Crippen LogP contribution is 2.25. The second-order valence-corrected chi connectivity index (χ2v) is 8.18. The van der Waals surface area contributed by atoms with E-state index in [0.717, 1.165) is 11.1 Å². The van der Waals surface area contributed by atoms with E-state index < -0.39 is 0 Å². The van der Waals surface area contributed by atoms with Crippen molar-refractivity contribution in [2.45, 2.75) is 24.4 Å². The second kappa shape index (κ2) is 7.66. The number of hydrogen-bond donors (Lipinski definition) is 0. The summed E-state index contributed by atoms with van der Waals surface area (Å²) in [4.78, 5) is 17.7. The quantitative estimate of drug-likeness (QED) is 0.341. The number of hydrogen-bond acceptors (Lipinski definition) is 4. The molecular weight excluding hydrogens is 379 g/mol. The Hall–Kier alpha value is -2.44. The first kappa shape index (κ1) is 17.9. The van der Waals surface area contributed by atoms with Gasteiger partial charge in [0.2, 0.25) is 0 Å². The van der Waals surface area contributed by atoms with Gasteiger partial charge in [-0.15, -0.1) is 11.3 Å². The van der Waals surface area contributed by atoms with Crippen LogP contribution in [0, 0.1) is 12.7 Å². The van der Waals surface area contributed by atoms with Crippen LogP contribution in [0.2, 0.25) is 0 Å². The summed E-state index contributed by atoms with van der Waals surface area (Å²) in [5.74, 6) is 0.291. The summed E-state index contributed by atoms with van der Waals surface area (Å²) in [7, 11) is 0. The number of nitrogens with zero attached hydrogens (tertiary/aromatic N) is 2. The van der Waals surface area contributed by atoms with Gasteiger partial charge in [-0.05, 0) is 41.6 Å². The molecule has 4 rings (SSSR count). The van der Waals surface area contributed by atoms with Crippen LogP contribution in [0.15, 0.2) is 69.9 Å². The third-order valence-electron chi connectivity index (χ3n) is 4.25. The molecule has 6 heteroatoms. The van der Waals surface area contributed by atoms with Crippen molar-refractivity contribution in [2.24, 2.45) is 0 Å². The van der Waals surface area contributed by atoms with Gasteiger partial charge in [0.1, 0.15) is 10.5 Å². The van der Waals surface area contributed by atoms with E-state index in [-0.39, 0.29) is 11.4 Å². The van der Waals surface area contributed by atoms with Crippen LogP contribution in [-0.4, -0.2) is 9.55 Å². The van der Waals surface area contributed by atoms with E-state index in [4.69, 9.17) is 0 Å². The van der Waals surface area contributed by atoms with Crippen LogP contribution in [0.5, 0.6) is 0 Å². The zero-order valence-corrected chi connectivity index (χ0v) is 16.3. The third kappa shape index (κ3) is 3.96. The van der Waals surface area contributed by atoms with Gasteiger partial charge in [-0.2, -0.15) is 0 Å². The Labute approximate surface area is 164 Å². The van der Waals surface area contributed by atoms with E-state index in [0.29, 0.717) is 27.7 Å². The minimum Gasteiger partial charge on any atom is -0.282 e. The molecule has 2 aromatic heterocycles. The van der Waals surface area contributed by atoms with Crippen LogP contribution < -0.4 is 5.56 Å². The molecule has 136 valence electrons. The SMILES string of the molecule is Cc1ccc(Cn2c(SCc3cccc(F)c3)nc3ccsc3c2=O)cc1. The summed E-state index contributed by atoms with van der Waals surface area (Å²) in [6.07, 6.45) is 0. The average molecular weight is 397 g/mol. The molecule has 0 bridgehead atoms. The van der Waals surface area contributed by atoms with Crippen LogP contribution in [-0.2, 0) is 12.3 Å². The molecule has 0 atom stereocenters. The number of halogens is 1. The van der Waals surface area contributed by atoms with Crippen molar-refractivity contribution in [2.75, 3.05) is 0 Å². The minimum atomic E-state index is -0.258. The first-order chi connectivity index (χ1) is 13.1. The van der Waals surface area contributed by atoms with E-state index in [1.165, 1.54) is 40.8 Å². The number of thiophene rings is 1. The van der Waals surface area contributed by atoms with Gasteiger partial charge >= 0.3 is 0 Å². The summed E-state index contributed by atoms with van der Waals surface area (Å²) in [5, 5.41) is 2.53. The Morgan fingerprint density at radius 2 is 1.93 bits per heavy atom. The van der Waals surface area contributed by atoms with E-state index in [9.17, 15) is 9.18 Å². The Morgan fingerprint density at radius 1 is 1.11 bits per heavy atom. The fourth-order valence-electron chi connectivity index (χ4n) is 2.82. The molecule has 0 radical (unpaired) electrons. The fourth-order valence-corrected chi connectivity index (χ4v) is 4.54. The van der Waals surface area contributed by atoms with Gasteiger partial charge in [0.05, 0.1) is 12.1 Å². The molecule has 0 unspecified atom stereocenters. The predicted molar refractivity (Wildman–Crippen MR) is 110 cm³/mol. The monoisotopic (exact) mass is 396 g/mol. The minimum absolute atomic E-state index is 0.0303. The second-order valence-electron chi connectivity index (χ2n) is 6.32. The van der Waals surface area contributed by atoms with Crippen LogP contribution in [0.4, 0.5) is 4.39 Å². The van der Waals surface area contributed by atoms with Crippen molar-refractivity contribution in [1.82, 2.24) is 9.55 Å². The first-order valence-corrected chi connectivity index (χ1v) is 10.4. The van der Waals surface area contributed by atoms with Crippen molar-refractivity contribution in [3.8, 4) is 0 Å². The number of aryl methyl sites for hydroxylation is 1. The van der Waals surface area contributed by atoms with Crippen LogP contribution >= 0.6 is 23.1 Å². The highest BCUT2D eigenvalue weighted by atomic mass is 32.2. The lowest BCUT2D eigenvalue weighted by Crippen LogP contribution is -2.23. The Balaban J connectivity index is 1.71. The molecule has 0 aliphatic heterocycles. The molecule has 0 saturated heterocycles. The van der Waals surface area contributed by atoms with E-state index >= 15 is 0 Å². The Kier molecular flexibility index (Phi) is 5.09. The summed E-state index contributed by atoms with van der Waals surface area (Å²) in [6.45, 7) is 2.50. The maximum Gasteiger partial charge on any atom is 0.272 e. The average Bonchev–Trinajstić information content (AvgIpc) is 3.13. The molecule has 0 aliphatic rings. The van der Waals surface area contributed by atoms with Gasteiger partial charge in [0.15, 0.2) is 5.16 Å². The number of benzene rings is 2. The molecule has 0 fully saturated rings. The lowest BCUT2D eigenvalue weighted by Gasteiger charge is -2.12. The van der Waals surface area contributed by atoms with Gasteiger partial charge in [0, 0.05) is 5.75 Å². The molecule has 3 nitrogen and oxygen atoms in total. The van der Waals surface area contributed by atoms with Crippen LogP contribution in [0.3, 0.4) is 0 Å². The number of fused-ring (bicyclic) bond motifs is 1. The topological polar surface area (TPSA) is 34.9 Å². The molecule has 0 amide bonds. The van der Waals surface area contributed by atoms with E-state index in [1.807, 2.05) is 48.7 Å². The zero-order chi connectivity index (χ0) is 18.8. The van der Waals surface area contributed by atoms with Crippen LogP contribution in [0.25, 0.3) is 10.2 Å². The van der Waals surface area contributed by atoms with Crippen molar-refractivity contribution >= 4 is 33.3 Å². The molecular formula is C21H17FN2OS2. The fraction of sp³-hybridized carbons (Fsp3) is 0.143. The van der Waals surface area contributed by atoms with E-state index in [2.05, 4.69) is 4.98 Å². The summed E-state index contributed by atoms with van der Waals surface area (Å²) < 4.78 is 15.8. The molecule has 0 N–H and O–H groups in total. The predicted octanol–water partition coefficient (Wildman–Crippen LogP) is 5.25. The summed E-state index contributed by atoms with van der Waals surface area (Å²) >= 11 is 2.87. The van der Waals surface area contributed by atoms with Gasteiger partial charge in [-0.1, -0.05) is 53.7 Å².